The first-order valence-corrected chi connectivity index (χ1v) is 3.33. The molecule has 22 valence electrons. The van der Waals surface area contributed by atoms with Gasteiger partial charge in [0.25, 0.3) is 0 Å². The predicted molar refractivity (Wildman–Crippen MR) is 20.9 cm³/mol. The van der Waals surface area contributed by atoms with Gasteiger partial charge in [-0.05, 0) is 0 Å². The van der Waals surface area contributed by atoms with Crippen LogP contribution in [0.5, 0.6) is 0 Å². The number of hydrogen-bond acceptors (Lipinski definition) is 0. The molecular formula is C3H7Ga. The summed E-state index contributed by atoms with van der Waals surface area (Å²) >= 11 is 1.82. The van der Waals surface area contributed by atoms with Crippen LogP contribution in [0.2, 0.25) is 4.98 Å². The molecule has 0 amide bonds. The van der Waals surface area contributed by atoms with Crippen LogP contribution in [0.1, 0.15) is 13.3 Å². The molecule has 0 aromatic heterocycles. The van der Waals surface area contributed by atoms with Gasteiger partial charge < -0.3 is 0 Å². The second-order valence-electron chi connectivity index (χ2n) is 0.789. The van der Waals surface area contributed by atoms with E-state index in [2.05, 4.69) is 6.92 Å². The first-order valence-electron chi connectivity index (χ1n) is 1.62. The van der Waals surface area contributed by atoms with Crippen molar-refractivity contribution in [3.63, 3.8) is 0 Å². The van der Waals surface area contributed by atoms with Gasteiger partial charge in [-0.3, -0.25) is 0 Å². The molecule has 2 radical (unpaired) electrons. The first kappa shape index (κ1) is 4.64. The summed E-state index contributed by atoms with van der Waals surface area (Å²) in [5.74, 6) is 0. The Morgan fingerprint density at radius 1 is 1.75 bits per heavy atom. The van der Waals surface area contributed by atoms with Gasteiger partial charge in [-0.2, -0.15) is 0 Å². The van der Waals surface area contributed by atoms with Crippen molar-refractivity contribution in [2.75, 3.05) is 0 Å². The molecule has 0 rings (SSSR count). The second-order valence-corrected chi connectivity index (χ2v) is 2.00. The number of rotatable bonds is 1. The zero-order valence-corrected chi connectivity index (χ0v) is 5.41. The monoisotopic (exact) mass is 112 g/mol. The molecule has 0 bridgehead atoms. The van der Waals surface area contributed by atoms with Crippen LogP contribution in [0.4, 0.5) is 0 Å². The maximum absolute atomic E-state index is 2.20. The van der Waals surface area contributed by atoms with E-state index in [0.29, 0.717) is 0 Å². The van der Waals surface area contributed by atoms with Gasteiger partial charge in [-0.1, -0.05) is 0 Å². The molecule has 4 heavy (non-hydrogen) atoms. The van der Waals surface area contributed by atoms with E-state index in [4.69, 9.17) is 0 Å². The molecule has 0 saturated carbocycles. The van der Waals surface area contributed by atoms with Crippen molar-refractivity contribution in [3.8, 4) is 0 Å². The van der Waals surface area contributed by atoms with Crippen molar-refractivity contribution < 1.29 is 0 Å². The summed E-state index contributed by atoms with van der Waals surface area (Å²) in [7, 11) is 0. The zero-order chi connectivity index (χ0) is 3.41. The van der Waals surface area contributed by atoms with Gasteiger partial charge in [0.1, 0.15) is 0 Å². The van der Waals surface area contributed by atoms with Crippen LogP contribution in [0, 0.1) is 0 Å². The summed E-state index contributed by atoms with van der Waals surface area (Å²) in [4.78, 5) is 1.38. The molecule has 0 unspecified atom stereocenters. The van der Waals surface area contributed by atoms with Crippen molar-refractivity contribution in [1.29, 1.82) is 0 Å². The molecule has 0 aromatic rings. The molecule has 0 fully saturated rings. The Kier molecular flexibility index (Phi) is 4.21. The Balaban J connectivity index is 1.97. The standard InChI is InChI=1S/C3H7.Ga/c1-3-2;/h1,3H2,2H3;. The van der Waals surface area contributed by atoms with E-state index in [9.17, 15) is 0 Å². The summed E-state index contributed by atoms with van der Waals surface area (Å²) in [6, 6.07) is 0. The van der Waals surface area contributed by atoms with Gasteiger partial charge in [0.15, 0.2) is 0 Å². The van der Waals surface area contributed by atoms with E-state index in [-0.39, 0.29) is 0 Å². The summed E-state index contributed by atoms with van der Waals surface area (Å²) in [6.07, 6.45) is 1.35. The normalized spacial score (nSPS) is 7.25. The average molecular weight is 113 g/mol. The molecule has 0 N–H and O–H groups in total. The summed E-state index contributed by atoms with van der Waals surface area (Å²) in [6.45, 7) is 2.20. The third-order valence-electron chi connectivity index (χ3n) is 0.289. The van der Waals surface area contributed by atoms with E-state index in [1.165, 1.54) is 11.4 Å². The van der Waals surface area contributed by atoms with E-state index < -0.39 is 0 Å². The molecule has 1 heteroatoms. The molecule has 0 aliphatic heterocycles. The minimum atomic E-state index is 1.35. The quantitative estimate of drug-likeness (QED) is 0.444. The molecule has 0 aliphatic rings. The summed E-state index contributed by atoms with van der Waals surface area (Å²) < 4.78 is 0. The third kappa shape index (κ3) is 2.64. The van der Waals surface area contributed by atoms with Crippen LogP contribution in [0.3, 0.4) is 0 Å². The molecule has 0 saturated heterocycles. The maximum atomic E-state index is 2.20. The van der Waals surface area contributed by atoms with Crippen LogP contribution in [-0.4, -0.2) is 18.6 Å². The number of hydrogen-bond donors (Lipinski definition) is 0. The summed E-state index contributed by atoms with van der Waals surface area (Å²) in [5, 5.41) is 0. The summed E-state index contributed by atoms with van der Waals surface area (Å²) in [5.41, 5.74) is 0. The van der Waals surface area contributed by atoms with Gasteiger partial charge >= 0.3 is 36.9 Å². The fourth-order valence-corrected chi connectivity index (χ4v) is 0. The van der Waals surface area contributed by atoms with Crippen LogP contribution in [0.25, 0.3) is 0 Å². The van der Waals surface area contributed by atoms with Gasteiger partial charge in [-0.25, -0.2) is 0 Å². The molecule has 0 spiro atoms. The Labute approximate surface area is 37.5 Å². The Hall–Kier alpha value is 0.636. The van der Waals surface area contributed by atoms with E-state index in [1.807, 2.05) is 18.6 Å². The molecular weight excluding hydrogens is 106 g/mol. The zero-order valence-electron chi connectivity index (χ0n) is 2.99. The Morgan fingerprint density at radius 3 is 2.00 bits per heavy atom. The van der Waals surface area contributed by atoms with E-state index >= 15 is 0 Å². The van der Waals surface area contributed by atoms with Crippen LogP contribution < -0.4 is 0 Å². The van der Waals surface area contributed by atoms with Crippen molar-refractivity contribution in [1.82, 2.24) is 0 Å². The minimum absolute atomic E-state index is 1.35. The Morgan fingerprint density at radius 2 is 2.00 bits per heavy atom. The van der Waals surface area contributed by atoms with Crippen LogP contribution >= 0.6 is 0 Å². The SMILES string of the molecule is CC[CH2][Ga]. The fourth-order valence-electron chi connectivity index (χ4n) is 0. The molecule has 0 nitrogen and oxygen atoms in total. The van der Waals surface area contributed by atoms with E-state index in [0.717, 1.165) is 0 Å². The fraction of sp³-hybridized carbons (Fsp3) is 1.00. The average Bonchev–Trinajstić information content (AvgIpc) is 1.37. The topological polar surface area (TPSA) is 0 Å². The third-order valence-corrected chi connectivity index (χ3v) is 1.50. The molecule has 0 atom stereocenters. The molecule has 0 heterocycles. The van der Waals surface area contributed by atoms with Crippen molar-refractivity contribution in [2.45, 2.75) is 18.3 Å². The second kappa shape index (κ2) is 3.64. The van der Waals surface area contributed by atoms with Crippen molar-refractivity contribution >= 4 is 18.6 Å². The van der Waals surface area contributed by atoms with Gasteiger partial charge in [0.05, 0.1) is 0 Å². The van der Waals surface area contributed by atoms with Crippen molar-refractivity contribution in [2.24, 2.45) is 0 Å². The first-order chi connectivity index (χ1) is 1.91. The molecule has 0 aromatic carbocycles. The van der Waals surface area contributed by atoms with Crippen molar-refractivity contribution in [3.05, 3.63) is 0 Å². The van der Waals surface area contributed by atoms with Gasteiger partial charge in [-0.15, -0.1) is 0 Å². The predicted octanol–water partition coefficient (Wildman–Crippen LogP) is 0.983. The molecule has 0 aliphatic carbocycles. The van der Waals surface area contributed by atoms with Gasteiger partial charge in [0.2, 0.25) is 0 Å². The van der Waals surface area contributed by atoms with Gasteiger partial charge in [0, 0.05) is 0 Å². The van der Waals surface area contributed by atoms with E-state index in [1.54, 1.807) is 0 Å². The Bertz CT molecular complexity index is 5.25. The van der Waals surface area contributed by atoms with Crippen LogP contribution in [-0.2, 0) is 0 Å². The van der Waals surface area contributed by atoms with Crippen LogP contribution in [0.15, 0.2) is 0 Å².